The van der Waals surface area contributed by atoms with E-state index >= 15 is 0 Å². The maximum atomic E-state index is 12.6. The number of carbonyl (C=O) groups is 2. The van der Waals surface area contributed by atoms with Crippen LogP contribution in [0.5, 0.6) is 0 Å². The normalized spacial score (nSPS) is 33.1. The van der Waals surface area contributed by atoms with Gasteiger partial charge >= 0.3 is 6.03 Å². The molecule has 0 spiro atoms. The molecule has 3 heterocycles. The van der Waals surface area contributed by atoms with Crippen LogP contribution in [0.3, 0.4) is 0 Å². The summed E-state index contributed by atoms with van der Waals surface area (Å²) in [5, 5.41) is 2.63. The summed E-state index contributed by atoms with van der Waals surface area (Å²) < 4.78 is 11.1. The minimum atomic E-state index is -0.165. The molecule has 0 aromatic heterocycles. The van der Waals surface area contributed by atoms with E-state index in [1.54, 1.807) is 11.9 Å². The van der Waals surface area contributed by atoms with Crippen LogP contribution in [0.4, 0.5) is 4.79 Å². The van der Waals surface area contributed by atoms with Gasteiger partial charge < -0.3 is 24.6 Å². The SMILES string of the molecule is CNC(=O)N1C[C@H]2C[C@H](C(=O)N3CCOCC3)[C@@H](C1)O2. The van der Waals surface area contributed by atoms with Crippen LogP contribution in [0.25, 0.3) is 0 Å². The third-order valence-corrected chi connectivity index (χ3v) is 4.30. The molecule has 7 heteroatoms. The average molecular weight is 283 g/mol. The highest BCUT2D eigenvalue weighted by Crippen LogP contribution is 2.33. The molecule has 0 unspecified atom stereocenters. The highest BCUT2D eigenvalue weighted by Gasteiger charge is 2.46. The van der Waals surface area contributed by atoms with Crippen molar-refractivity contribution in [3.8, 4) is 0 Å². The number of urea groups is 1. The molecule has 0 aliphatic carbocycles. The molecule has 0 aromatic rings. The van der Waals surface area contributed by atoms with Gasteiger partial charge in [-0.05, 0) is 6.42 Å². The lowest BCUT2D eigenvalue weighted by Gasteiger charge is -2.34. The van der Waals surface area contributed by atoms with Crippen molar-refractivity contribution in [2.24, 2.45) is 5.92 Å². The Kier molecular flexibility index (Phi) is 3.80. The average Bonchev–Trinajstić information content (AvgIpc) is 2.80. The molecule has 20 heavy (non-hydrogen) atoms. The predicted octanol–water partition coefficient (Wildman–Crippen LogP) is -0.726. The van der Waals surface area contributed by atoms with E-state index in [2.05, 4.69) is 5.32 Å². The Labute approximate surface area is 118 Å². The van der Waals surface area contributed by atoms with E-state index in [9.17, 15) is 9.59 Å². The van der Waals surface area contributed by atoms with E-state index in [4.69, 9.17) is 9.47 Å². The zero-order valence-corrected chi connectivity index (χ0v) is 11.7. The Morgan fingerprint density at radius 2 is 1.90 bits per heavy atom. The van der Waals surface area contributed by atoms with Gasteiger partial charge in [0.25, 0.3) is 0 Å². The van der Waals surface area contributed by atoms with Crippen LogP contribution >= 0.6 is 0 Å². The van der Waals surface area contributed by atoms with Crippen LogP contribution in [0.1, 0.15) is 6.42 Å². The number of amides is 3. The smallest absolute Gasteiger partial charge is 0.317 e. The largest absolute Gasteiger partial charge is 0.378 e. The van der Waals surface area contributed by atoms with Gasteiger partial charge in [0.1, 0.15) is 0 Å². The first-order valence-corrected chi connectivity index (χ1v) is 7.17. The van der Waals surface area contributed by atoms with Crippen molar-refractivity contribution in [1.29, 1.82) is 0 Å². The maximum absolute atomic E-state index is 12.6. The van der Waals surface area contributed by atoms with Gasteiger partial charge in [-0.2, -0.15) is 0 Å². The molecule has 3 fully saturated rings. The van der Waals surface area contributed by atoms with Crippen molar-refractivity contribution in [2.75, 3.05) is 46.4 Å². The van der Waals surface area contributed by atoms with E-state index < -0.39 is 0 Å². The molecule has 112 valence electrons. The number of nitrogens with zero attached hydrogens (tertiary/aromatic N) is 2. The van der Waals surface area contributed by atoms with E-state index in [0.717, 1.165) is 0 Å². The fourth-order valence-corrected chi connectivity index (χ4v) is 3.26. The molecule has 3 atom stereocenters. The Bertz CT molecular complexity index is 397. The summed E-state index contributed by atoms with van der Waals surface area (Å²) in [5.41, 5.74) is 0. The number of fused-ring (bicyclic) bond motifs is 2. The van der Waals surface area contributed by atoms with Crippen LogP contribution in [0.2, 0.25) is 0 Å². The topological polar surface area (TPSA) is 71.1 Å². The zero-order valence-electron chi connectivity index (χ0n) is 11.7. The van der Waals surface area contributed by atoms with Crippen LogP contribution in [0, 0.1) is 5.92 Å². The number of ether oxygens (including phenoxy) is 2. The second kappa shape index (κ2) is 5.57. The molecule has 3 saturated heterocycles. The van der Waals surface area contributed by atoms with E-state index in [-0.39, 0.29) is 30.1 Å². The molecule has 3 aliphatic rings. The Morgan fingerprint density at radius 3 is 2.60 bits per heavy atom. The summed E-state index contributed by atoms with van der Waals surface area (Å²) in [6.45, 7) is 3.60. The number of morpholine rings is 2. The van der Waals surface area contributed by atoms with Gasteiger partial charge in [0.15, 0.2) is 0 Å². The van der Waals surface area contributed by atoms with Gasteiger partial charge in [-0.1, -0.05) is 0 Å². The summed E-state index contributed by atoms with van der Waals surface area (Å²) >= 11 is 0. The number of hydrogen-bond acceptors (Lipinski definition) is 4. The number of nitrogens with one attached hydrogen (secondary N) is 1. The van der Waals surface area contributed by atoms with Gasteiger partial charge in [-0.15, -0.1) is 0 Å². The minimum absolute atomic E-state index is 0.0129. The predicted molar refractivity (Wildman–Crippen MR) is 70.2 cm³/mol. The van der Waals surface area contributed by atoms with Gasteiger partial charge in [0.2, 0.25) is 5.91 Å². The summed E-state index contributed by atoms with van der Waals surface area (Å²) in [6.07, 6.45) is 0.538. The lowest BCUT2D eigenvalue weighted by Crippen LogP contribution is -2.51. The minimum Gasteiger partial charge on any atom is -0.378 e. The third kappa shape index (κ3) is 2.47. The van der Waals surface area contributed by atoms with Gasteiger partial charge in [0.05, 0.1) is 31.3 Å². The van der Waals surface area contributed by atoms with Gasteiger partial charge in [-0.3, -0.25) is 4.79 Å². The first kappa shape index (κ1) is 13.6. The van der Waals surface area contributed by atoms with Crippen molar-refractivity contribution in [3.63, 3.8) is 0 Å². The molecule has 0 saturated carbocycles. The first-order chi connectivity index (χ1) is 9.69. The number of hydrogen-bond donors (Lipinski definition) is 1. The third-order valence-electron chi connectivity index (χ3n) is 4.30. The van der Waals surface area contributed by atoms with Crippen molar-refractivity contribution in [2.45, 2.75) is 18.6 Å². The number of rotatable bonds is 1. The summed E-state index contributed by atoms with van der Waals surface area (Å²) in [4.78, 5) is 27.9. The lowest BCUT2D eigenvalue weighted by atomic mass is 9.98. The lowest BCUT2D eigenvalue weighted by molar-refractivity contribution is -0.142. The van der Waals surface area contributed by atoms with Crippen LogP contribution in [0.15, 0.2) is 0 Å². The summed E-state index contributed by atoms with van der Waals surface area (Å²) in [6, 6.07) is -0.0947. The fraction of sp³-hybridized carbons (Fsp3) is 0.846. The number of carbonyl (C=O) groups excluding carboxylic acids is 2. The van der Waals surface area contributed by atoms with E-state index in [1.807, 2.05) is 4.90 Å². The Balaban J connectivity index is 1.64. The van der Waals surface area contributed by atoms with Gasteiger partial charge in [0, 0.05) is 33.2 Å². The van der Waals surface area contributed by atoms with Crippen molar-refractivity contribution in [1.82, 2.24) is 15.1 Å². The molecular weight excluding hydrogens is 262 g/mol. The number of likely N-dealkylation sites (tertiary alicyclic amines) is 1. The van der Waals surface area contributed by atoms with Crippen molar-refractivity contribution in [3.05, 3.63) is 0 Å². The van der Waals surface area contributed by atoms with Gasteiger partial charge in [-0.25, -0.2) is 4.79 Å². The zero-order chi connectivity index (χ0) is 14.1. The molecule has 2 bridgehead atoms. The molecule has 3 rings (SSSR count). The van der Waals surface area contributed by atoms with Crippen LogP contribution in [-0.4, -0.2) is 80.4 Å². The second-order valence-corrected chi connectivity index (χ2v) is 5.54. The second-order valence-electron chi connectivity index (χ2n) is 5.54. The highest BCUT2D eigenvalue weighted by atomic mass is 16.5. The van der Waals surface area contributed by atoms with Crippen molar-refractivity contribution >= 4 is 11.9 Å². The molecule has 7 nitrogen and oxygen atoms in total. The first-order valence-electron chi connectivity index (χ1n) is 7.17. The molecule has 3 amide bonds. The molecular formula is C13H21N3O4. The Hall–Kier alpha value is -1.34. The van der Waals surface area contributed by atoms with E-state index in [0.29, 0.717) is 45.8 Å². The van der Waals surface area contributed by atoms with Crippen molar-refractivity contribution < 1.29 is 19.1 Å². The quantitative estimate of drug-likeness (QED) is 0.689. The summed E-state index contributed by atoms with van der Waals surface area (Å²) in [7, 11) is 1.62. The molecule has 1 N–H and O–H groups in total. The monoisotopic (exact) mass is 283 g/mol. The van der Waals surface area contributed by atoms with Crippen LogP contribution in [-0.2, 0) is 14.3 Å². The summed E-state index contributed by atoms with van der Waals surface area (Å²) in [5.74, 6) is 0.0345. The maximum Gasteiger partial charge on any atom is 0.317 e. The standard InChI is InChI=1S/C13H21N3O4/c1-14-13(18)16-7-9-6-10(11(8-16)20-9)12(17)15-2-4-19-5-3-15/h9-11H,2-8H2,1H3,(H,14,18)/t9-,10+,11-/m1/s1. The Morgan fingerprint density at radius 1 is 1.15 bits per heavy atom. The van der Waals surface area contributed by atoms with E-state index in [1.165, 1.54) is 0 Å². The molecule has 0 radical (unpaired) electrons. The fourth-order valence-electron chi connectivity index (χ4n) is 3.26. The van der Waals surface area contributed by atoms with Crippen LogP contribution < -0.4 is 5.32 Å². The molecule has 3 aliphatic heterocycles. The highest BCUT2D eigenvalue weighted by molar-refractivity contribution is 5.80. The molecule has 0 aromatic carbocycles.